The van der Waals surface area contributed by atoms with Gasteiger partial charge in [-0.05, 0) is 55.9 Å². The van der Waals surface area contributed by atoms with Gasteiger partial charge in [0.25, 0.3) is 0 Å². The van der Waals surface area contributed by atoms with Gasteiger partial charge in [0, 0.05) is 53.3 Å². The standard InChI is InChI=1S/C30H32N4O/c35-28(29(11-6-12-29)19-22-7-2-1-3-8-22)33-15-13-30(21-33)14-16-34-27(30)18-26(32-34)24-17-23-9-4-5-10-25(23)31-20-24/h1-5,7-10,17-18,20,28,35H,6,11-16,19,21H2. The van der Waals surface area contributed by atoms with Gasteiger partial charge in [0.1, 0.15) is 6.23 Å². The van der Waals surface area contributed by atoms with Crippen LogP contribution in [-0.4, -0.2) is 44.1 Å². The van der Waals surface area contributed by atoms with E-state index in [1.54, 1.807) is 0 Å². The number of aromatic nitrogens is 3. The van der Waals surface area contributed by atoms with Crippen LogP contribution in [0.5, 0.6) is 0 Å². The van der Waals surface area contributed by atoms with Gasteiger partial charge in [0.2, 0.25) is 0 Å². The summed E-state index contributed by atoms with van der Waals surface area (Å²) in [5, 5.41) is 17.8. The Bertz CT molecular complexity index is 1380. The van der Waals surface area contributed by atoms with E-state index in [0.29, 0.717) is 0 Å². The average Bonchev–Trinajstić information content (AvgIpc) is 3.58. The molecule has 2 aliphatic heterocycles. The second kappa shape index (κ2) is 8.00. The Morgan fingerprint density at radius 2 is 1.71 bits per heavy atom. The van der Waals surface area contributed by atoms with Crippen molar-refractivity contribution in [3.05, 3.63) is 84.2 Å². The smallest absolute Gasteiger partial charge is 0.113 e. The van der Waals surface area contributed by atoms with Crippen LogP contribution in [0, 0.1) is 5.41 Å². The maximum atomic E-state index is 11.7. The fraction of sp³-hybridized carbons (Fsp3) is 0.400. The lowest BCUT2D eigenvalue weighted by atomic mass is 9.63. The molecule has 4 aromatic rings. The van der Waals surface area contributed by atoms with Gasteiger partial charge in [-0.3, -0.25) is 14.6 Å². The fourth-order valence-corrected chi connectivity index (χ4v) is 6.89. The van der Waals surface area contributed by atoms with Crippen LogP contribution in [0.3, 0.4) is 0 Å². The number of para-hydroxylation sites is 1. The van der Waals surface area contributed by atoms with Gasteiger partial charge >= 0.3 is 0 Å². The molecule has 178 valence electrons. The molecule has 1 aliphatic carbocycles. The monoisotopic (exact) mass is 464 g/mol. The lowest BCUT2D eigenvalue weighted by molar-refractivity contribution is -0.122. The third-order valence-corrected chi connectivity index (χ3v) is 9.04. The molecule has 1 saturated heterocycles. The van der Waals surface area contributed by atoms with Crippen LogP contribution in [0.25, 0.3) is 22.2 Å². The number of hydrogen-bond donors (Lipinski definition) is 1. The molecule has 2 unspecified atom stereocenters. The summed E-state index contributed by atoms with van der Waals surface area (Å²) in [5.41, 5.74) is 5.86. The first-order chi connectivity index (χ1) is 17.1. The normalized spacial score (nSPS) is 24.0. The molecule has 0 bridgehead atoms. The molecular formula is C30H32N4O. The SMILES string of the molecule is OC(N1CCC2(CCn3nc(-c4cnc5ccccc5c4)cc32)C1)C1(Cc2ccccc2)CCC1. The van der Waals surface area contributed by atoms with Crippen LogP contribution in [0.1, 0.15) is 43.4 Å². The van der Waals surface area contributed by atoms with E-state index in [4.69, 9.17) is 5.10 Å². The summed E-state index contributed by atoms with van der Waals surface area (Å²) in [7, 11) is 0. The maximum absolute atomic E-state index is 11.7. The van der Waals surface area contributed by atoms with Gasteiger partial charge in [-0.2, -0.15) is 5.10 Å². The molecule has 2 atom stereocenters. The van der Waals surface area contributed by atoms with E-state index in [1.165, 1.54) is 17.7 Å². The third kappa shape index (κ3) is 3.44. The van der Waals surface area contributed by atoms with Crippen molar-refractivity contribution in [1.29, 1.82) is 0 Å². The fourth-order valence-electron chi connectivity index (χ4n) is 6.89. The lowest BCUT2D eigenvalue weighted by Crippen LogP contribution is -2.52. The summed E-state index contributed by atoms with van der Waals surface area (Å²) in [6.45, 7) is 2.83. The van der Waals surface area contributed by atoms with Crippen LogP contribution in [0.2, 0.25) is 0 Å². The number of aryl methyl sites for hydroxylation is 1. The molecule has 1 saturated carbocycles. The third-order valence-electron chi connectivity index (χ3n) is 9.04. The molecule has 1 spiro atoms. The number of hydrogen-bond acceptors (Lipinski definition) is 4. The summed E-state index contributed by atoms with van der Waals surface area (Å²) in [6.07, 6.45) is 8.19. The van der Waals surface area contributed by atoms with E-state index in [1.807, 2.05) is 18.3 Å². The van der Waals surface area contributed by atoms with Crippen LogP contribution in [0.4, 0.5) is 0 Å². The molecule has 1 N–H and O–H groups in total. The maximum Gasteiger partial charge on any atom is 0.113 e. The zero-order chi connectivity index (χ0) is 23.5. The second-order valence-electron chi connectivity index (χ2n) is 11.1. The molecule has 5 nitrogen and oxygen atoms in total. The number of rotatable bonds is 5. The minimum absolute atomic E-state index is 0.00629. The number of likely N-dealkylation sites (tertiary alicyclic amines) is 1. The second-order valence-corrected chi connectivity index (χ2v) is 11.1. The molecule has 7 rings (SSSR count). The summed E-state index contributed by atoms with van der Waals surface area (Å²) in [6, 6.07) is 23.4. The first-order valence-corrected chi connectivity index (χ1v) is 13.0. The average molecular weight is 465 g/mol. The number of fused-ring (bicyclic) bond motifs is 3. The summed E-state index contributed by atoms with van der Waals surface area (Å²) in [4.78, 5) is 7.03. The number of aliphatic hydroxyl groups excluding tert-OH is 1. The summed E-state index contributed by atoms with van der Waals surface area (Å²) < 4.78 is 2.21. The minimum Gasteiger partial charge on any atom is -0.378 e. The highest BCUT2D eigenvalue weighted by molar-refractivity contribution is 5.82. The predicted molar refractivity (Wildman–Crippen MR) is 138 cm³/mol. The van der Waals surface area contributed by atoms with Crippen molar-refractivity contribution in [2.45, 2.75) is 56.7 Å². The Hall–Kier alpha value is -3.02. The van der Waals surface area contributed by atoms with Crippen molar-refractivity contribution in [2.75, 3.05) is 13.1 Å². The zero-order valence-electron chi connectivity index (χ0n) is 20.1. The molecule has 35 heavy (non-hydrogen) atoms. The summed E-state index contributed by atoms with van der Waals surface area (Å²) >= 11 is 0. The van der Waals surface area contributed by atoms with Gasteiger partial charge in [-0.15, -0.1) is 0 Å². The quantitative estimate of drug-likeness (QED) is 0.442. The first-order valence-electron chi connectivity index (χ1n) is 13.0. The van der Waals surface area contributed by atoms with Gasteiger partial charge in [-0.1, -0.05) is 55.0 Å². The molecule has 0 amide bonds. The van der Waals surface area contributed by atoms with Crippen molar-refractivity contribution in [2.24, 2.45) is 5.41 Å². The van der Waals surface area contributed by atoms with Crippen molar-refractivity contribution >= 4 is 10.9 Å². The van der Waals surface area contributed by atoms with Crippen molar-refractivity contribution < 1.29 is 5.11 Å². The van der Waals surface area contributed by atoms with Gasteiger partial charge in [0.15, 0.2) is 0 Å². The Kier molecular flexibility index (Phi) is 4.87. The van der Waals surface area contributed by atoms with E-state index in [0.717, 1.165) is 73.9 Å². The van der Waals surface area contributed by atoms with E-state index < -0.39 is 0 Å². The van der Waals surface area contributed by atoms with E-state index >= 15 is 0 Å². The highest BCUT2D eigenvalue weighted by Crippen LogP contribution is 2.51. The molecule has 2 aromatic heterocycles. The Balaban J connectivity index is 1.14. The summed E-state index contributed by atoms with van der Waals surface area (Å²) in [5.74, 6) is 0. The topological polar surface area (TPSA) is 54.2 Å². The zero-order valence-corrected chi connectivity index (χ0v) is 20.1. The molecule has 5 heteroatoms. The van der Waals surface area contributed by atoms with E-state index in [2.05, 4.69) is 69.2 Å². The van der Waals surface area contributed by atoms with Crippen molar-refractivity contribution in [1.82, 2.24) is 19.7 Å². The van der Waals surface area contributed by atoms with E-state index in [-0.39, 0.29) is 17.1 Å². The number of aliphatic hydroxyl groups is 1. The van der Waals surface area contributed by atoms with Crippen LogP contribution >= 0.6 is 0 Å². The molecule has 3 aliphatic rings. The van der Waals surface area contributed by atoms with Crippen LogP contribution < -0.4 is 0 Å². The Labute approximate surface area is 206 Å². The highest BCUT2D eigenvalue weighted by atomic mass is 16.3. The number of benzene rings is 2. The molecule has 0 radical (unpaired) electrons. The van der Waals surface area contributed by atoms with Crippen molar-refractivity contribution in [3.63, 3.8) is 0 Å². The molecule has 4 heterocycles. The molecule has 2 fully saturated rings. The lowest BCUT2D eigenvalue weighted by Gasteiger charge is -2.49. The van der Waals surface area contributed by atoms with Gasteiger partial charge < -0.3 is 5.11 Å². The first kappa shape index (κ1) is 21.3. The van der Waals surface area contributed by atoms with Crippen LogP contribution in [0.15, 0.2) is 72.9 Å². The molecular weight excluding hydrogens is 432 g/mol. The van der Waals surface area contributed by atoms with E-state index in [9.17, 15) is 5.11 Å². The largest absolute Gasteiger partial charge is 0.378 e. The van der Waals surface area contributed by atoms with Crippen LogP contribution in [-0.2, 0) is 18.4 Å². The highest BCUT2D eigenvalue weighted by Gasteiger charge is 2.52. The molecule has 2 aromatic carbocycles. The Morgan fingerprint density at radius 1 is 0.914 bits per heavy atom. The predicted octanol–water partition coefficient (Wildman–Crippen LogP) is 5.18. The number of pyridine rings is 1. The minimum atomic E-state index is -0.378. The van der Waals surface area contributed by atoms with Gasteiger partial charge in [-0.25, -0.2) is 0 Å². The van der Waals surface area contributed by atoms with Gasteiger partial charge in [0.05, 0.1) is 11.2 Å². The Morgan fingerprint density at radius 3 is 2.54 bits per heavy atom. The van der Waals surface area contributed by atoms with Crippen molar-refractivity contribution in [3.8, 4) is 11.3 Å². The number of nitrogens with zero attached hydrogens (tertiary/aromatic N) is 4.